The number of pyridine rings is 2. The summed E-state index contributed by atoms with van der Waals surface area (Å²) in [6.45, 7) is 37.7. The molecule has 7 rings (SSSR count). The highest BCUT2D eigenvalue weighted by Crippen LogP contribution is 2.34. The second-order valence-corrected chi connectivity index (χ2v) is 21.4. The molecule has 73 heavy (non-hydrogen) atoms. The van der Waals surface area contributed by atoms with Crippen LogP contribution < -0.4 is 4.74 Å². The number of nitrogens with zero attached hydrogens (tertiary/aromatic N) is 5. The Kier molecular flexibility index (Phi) is 26.1. The van der Waals surface area contributed by atoms with Gasteiger partial charge in [-0.15, -0.1) is 0 Å². The maximum atomic E-state index is 12.7. The van der Waals surface area contributed by atoms with Crippen LogP contribution in [-0.2, 0) is 11.6 Å². The second kappa shape index (κ2) is 30.0. The molecule has 1 aliphatic heterocycles. The number of likely N-dealkylation sites (tertiary alicyclic amines) is 1. The molecule has 6 aromatic rings. The summed E-state index contributed by atoms with van der Waals surface area (Å²) < 4.78 is 67.6. The van der Waals surface area contributed by atoms with E-state index in [1.807, 2.05) is 45.4 Å². The summed E-state index contributed by atoms with van der Waals surface area (Å²) in [4.78, 5) is 18.6. The number of rotatable bonds is 7. The van der Waals surface area contributed by atoms with E-state index in [2.05, 4.69) is 145 Å². The van der Waals surface area contributed by atoms with E-state index in [0.29, 0.717) is 29.4 Å². The molecule has 400 valence electrons. The molecular weight excluding hydrogens is 926 g/mol. The van der Waals surface area contributed by atoms with Gasteiger partial charge in [0.15, 0.2) is 0 Å². The van der Waals surface area contributed by atoms with Gasteiger partial charge >= 0.3 is 6.18 Å². The minimum atomic E-state index is -4.28. The quantitative estimate of drug-likeness (QED) is 0.149. The van der Waals surface area contributed by atoms with Crippen LogP contribution in [0, 0.1) is 39.3 Å². The Morgan fingerprint density at radius 1 is 0.589 bits per heavy atom. The lowest BCUT2D eigenvalue weighted by molar-refractivity contribution is -0.138. The molecule has 0 bridgehead atoms. The van der Waals surface area contributed by atoms with Crippen molar-refractivity contribution in [1.29, 1.82) is 0 Å². The highest BCUT2D eigenvalue weighted by atomic mass is 19.4. The third kappa shape index (κ3) is 21.8. The minimum Gasteiger partial charge on any atom is -0.496 e. The van der Waals surface area contributed by atoms with Gasteiger partial charge in [-0.3, -0.25) is 9.97 Å². The number of benzene rings is 3. The van der Waals surface area contributed by atoms with Crippen molar-refractivity contribution in [2.24, 2.45) is 0 Å². The zero-order valence-corrected chi connectivity index (χ0v) is 47.4. The van der Waals surface area contributed by atoms with Crippen LogP contribution in [-0.4, -0.2) is 52.1 Å². The largest absolute Gasteiger partial charge is 0.496 e. The van der Waals surface area contributed by atoms with Crippen LogP contribution in [0.3, 0.4) is 0 Å². The summed E-state index contributed by atoms with van der Waals surface area (Å²) in [5.41, 5.74) is 11.2. The van der Waals surface area contributed by atoms with E-state index in [1.54, 1.807) is 33.1 Å². The van der Waals surface area contributed by atoms with Crippen LogP contribution in [0.2, 0.25) is 0 Å². The average molecular weight is 1010 g/mol. The number of aryl methyl sites for hydroxylation is 4. The van der Waals surface area contributed by atoms with Crippen molar-refractivity contribution in [1.82, 2.24) is 24.8 Å². The number of aromatic nitrogens is 4. The van der Waals surface area contributed by atoms with Crippen molar-refractivity contribution in [3.8, 4) is 5.75 Å². The molecular formula is C62H86F5N5O. The van der Waals surface area contributed by atoms with Gasteiger partial charge in [0.25, 0.3) is 0 Å². The van der Waals surface area contributed by atoms with Crippen molar-refractivity contribution in [3.05, 3.63) is 183 Å². The first-order valence-electron chi connectivity index (χ1n) is 25.6. The molecule has 0 amide bonds. The first-order chi connectivity index (χ1) is 34.0. The monoisotopic (exact) mass is 1010 g/mol. The molecule has 1 unspecified atom stereocenters. The molecule has 1 saturated heterocycles. The summed E-state index contributed by atoms with van der Waals surface area (Å²) in [6.07, 6.45) is 5.17. The number of hydrogen-bond acceptors (Lipinski definition) is 6. The molecule has 0 saturated carbocycles. The molecule has 6 nitrogen and oxygen atoms in total. The summed E-state index contributed by atoms with van der Waals surface area (Å²) in [5, 5.41) is 0. The molecule has 1 aliphatic rings. The van der Waals surface area contributed by atoms with Gasteiger partial charge in [-0.25, -0.2) is 18.7 Å². The third-order valence-electron chi connectivity index (χ3n) is 12.6. The van der Waals surface area contributed by atoms with E-state index >= 15 is 0 Å². The Labute approximate surface area is 436 Å². The Bertz CT molecular complexity index is 2550. The van der Waals surface area contributed by atoms with E-state index in [-0.39, 0.29) is 28.5 Å². The molecule has 0 aliphatic carbocycles. The highest BCUT2D eigenvalue weighted by Gasteiger charge is 2.33. The van der Waals surface area contributed by atoms with Gasteiger partial charge in [-0.1, -0.05) is 126 Å². The van der Waals surface area contributed by atoms with Crippen molar-refractivity contribution < 1.29 is 26.7 Å². The molecule has 3 aromatic heterocycles. The molecule has 3 aromatic carbocycles. The zero-order valence-electron chi connectivity index (χ0n) is 47.4. The summed E-state index contributed by atoms with van der Waals surface area (Å²) >= 11 is 0. The van der Waals surface area contributed by atoms with Gasteiger partial charge in [-0.05, 0) is 169 Å². The SMILES string of the molecule is CC(C)c1cnccc1C(F)(F)F.CN1CCC(c2ccc(C(C)(C)C)cc2)C1.COc1cc(F)ccc1C(C)C.Cc1ccc(F)cc1C(C)C.Cc1ccncc1C(C)C.Cc1ncc(C(C)C)c(C)n1. The smallest absolute Gasteiger partial charge is 0.416 e. The molecule has 4 heterocycles. The van der Waals surface area contributed by atoms with Gasteiger partial charge in [0, 0.05) is 49.3 Å². The number of hydrogen-bond donors (Lipinski definition) is 0. The van der Waals surface area contributed by atoms with E-state index in [0.717, 1.165) is 40.8 Å². The third-order valence-corrected chi connectivity index (χ3v) is 12.6. The fourth-order valence-electron chi connectivity index (χ4n) is 8.22. The van der Waals surface area contributed by atoms with Crippen molar-refractivity contribution >= 4 is 0 Å². The van der Waals surface area contributed by atoms with Crippen molar-refractivity contribution in [3.63, 3.8) is 0 Å². The number of likely N-dealkylation sites (N-methyl/N-ethyl adjacent to an activating group) is 1. The lowest BCUT2D eigenvalue weighted by Crippen LogP contribution is -2.14. The zero-order chi connectivity index (χ0) is 55.4. The molecule has 0 N–H and O–H groups in total. The van der Waals surface area contributed by atoms with Gasteiger partial charge in [0.2, 0.25) is 0 Å². The Morgan fingerprint density at radius 3 is 1.52 bits per heavy atom. The Morgan fingerprint density at radius 2 is 1.10 bits per heavy atom. The minimum absolute atomic E-state index is 0.140. The van der Waals surface area contributed by atoms with Crippen LogP contribution in [0.15, 0.2) is 104 Å². The average Bonchev–Trinajstić information content (AvgIpc) is 3.76. The Hall–Kier alpha value is -5.55. The molecule has 1 fully saturated rings. The lowest BCUT2D eigenvalue weighted by Gasteiger charge is -2.20. The predicted octanol–water partition coefficient (Wildman–Crippen LogP) is 17.6. The van der Waals surface area contributed by atoms with Gasteiger partial charge in [0.1, 0.15) is 23.2 Å². The van der Waals surface area contributed by atoms with Gasteiger partial charge < -0.3 is 9.64 Å². The first kappa shape index (κ1) is 63.6. The number of methoxy groups -OCH3 is 1. The topological polar surface area (TPSA) is 64.0 Å². The molecule has 1 atom stereocenters. The van der Waals surface area contributed by atoms with Crippen LogP contribution >= 0.6 is 0 Å². The van der Waals surface area contributed by atoms with E-state index < -0.39 is 11.7 Å². The van der Waals surface area contributed by atoms with Crippen LogP contribution in [0.25, 0.3) is 0 Å². The van der Waals surface area contributed by atoms with E-state index in [9.17, 15) is 22.0 Å². The maximum absolute atomic E-state index is 12.7. The molecule has 11 heteroatoms. The van der Waals surface area contributed by atoms with Crippen LogP contribution in [0.4, 0.5) is 22.0 Å². The number of halogens is 5. The normalized spacial score (nSPS) is 13.5. The van der Waals surface area contributed by atoms with E-state index in [4.69, 9.17) is 4.74 Å². The second-order valence-electron chi connectivity index (χ2n) is 21.4. The fraction of sp³-hybridized carbons (Fsp3) is 0.484. The molecule has 0 radical (unpaired) electrons. The van der Waals surface area contributed by atoms with Crippen molar-refractivity contribution in [2.45, 2.75) is 171 Å². The van der Waals surface area contributed by atoms with Gasteiger partial charge in [0.05, 0.1) is 12.7 Å². The van der Waals surface area contributed by atoms with Crippen LogP contribution in [0.5, 0.6) is 5.75 Å². The molecule has 0 spiro atoms. The van der Waals surface area contributed by atoms with E-state index in [1.165, 1.54) is 77.3 Å². The summed E-state index contributed by atoms with van der Waals surface area (Å²) in [6, 6.07) is 21.9. The number of alkyl halides is 3. The lowest BCUT2D eigenvalue weighted by atomic mass is 9.85. The summed E-state index contributed by atoms with van der Waals surface area (Å²) in [7, 11) is 3.77. The maximum Gasteiger partial charge on any atom is 0.416 e. The van der Waals surface area contributed by atoms with Gasteiger partial charge in [-0.2, -0.15) is 13.2 Å². The number of ether oxygens (including phenoxy) is 1. The first-order valence-corrected chi connectivity index (χ1v) is 25.6. The standard InChI is InChI=1S/C15H23N.C10H13FO.C10H13F.C9H10F3N.C9H14N2.C9H13N/c1-15(2,3)14-7-5-12(6-8-14)13-9-10-16(4)11-13;1-7(2)9-5-4-8(11)6-10(9)12-3;1-7(2)10-6-9(11)5-4-8(10)3;1-6(2)7-5-13-4-3-8(7)9(10,11)12;1-6(2)9-5-10-8(4)11-7(9)3;1-7(2)9-6-10-5-4-8(9)3/h5-8,13H,9-11H2,1-4H3;4-7H,1-3H3;4-7H,1-3H3;3-6H,1-2H3;5-6H,1-4H3;4-7H,1-3H3. The van der Waals surface area contributed by atoms with Crippen molar-refractivity contribution in [2.75, 3.05) is 27.2 Å². The predicted molar refractivity (Wildman–Crippen MR) is 294 cm³/mol. The fourth-order valence-corrected chi connectivity index (χ4v) is 8.22. The van der Waals surface area contributed by atoms with Crippen LogP contribution in [0.1, 0.15) is 199 Å². The highest BCUT2D eigenvalue weighted by molar-refractivity contribution is 5.36. The summed E-state index contributed by atoms with van der Waals surface area (Å²) in [5.74, 6) is 3.56. The Balaban J connectivity index is 0.000000302.